The van der Waals surface area contributed by atoms with Crippen LogP contribution in [-0.4, -0.2) is 47.3 Å². The predicted molar refractivity (Wildman–Crippen MR) is 124 cm³/mol. The van der Waals surface area contributed by atoms with Gasteiger partial charge in [-0.05, 0) is 56.8 Å². The van der Waals surface area contributed by atoms with Gasteiger partial charge in [0.2, 0.25) is 5.95 Å². The van der Waals surface area contributed by atoms with Crippen LogP contribution in [0.2, 0.25) is 0 Å². The number of fused-ring (bicyclic) bond motifs is 1. The van der Waals surface area contributed by atoms with Crippen LogP contribution in [0.3, 0.4) is 0 Å². The van der Waals surface area contributed by atoms with Crippen molar-refractivity contribution in [1.29, 1.82) is 0 Å². The molecule has 2 aromatic carbocycles. The van der Waals surface area contributed by atoms with Gasteiger partial charge >= 0.3 is 0 Å². The summed E-state index contributed by atoms with van der Waals surface area (Å²) in [6.07, 6.45) is 0. The van der Waals surface area contributed by atoms with E-state index in [1.165, 1.54) is 0 Å². The van der Waals surface area contributed by atoms with Gasteiger partial charge in [-0.2, -0.15) is 0 Å². The second kappa shape index (κ2) is 10.9. The molecule has 0 unspecified atom stereocenters. The van der Waals surface area contributed by atoms with Gasteiger partial charge in [-0.25, -0.2) is 4.98 Å². The molecule has 6 heteroatoms. The third-order valence-corrected chi connectivity index (χ3v) is 5.25. The number of likely N-dealkylation sites (N-methyl/N-ethyl adjacent to an activating group) is 1. The lowest BCUT2D eigenvalue weighted by molar-refractivity contribution is 0.287. The second-order valence-corrected chi connectivity index (χ2v) is 7.10. The summed E-state index contributed by atoms with van der Waals surface area (Å²) >= 11 is 0. The van der Waals surface area contributed by atoms with E-state index in [0.717, 1.165) is 60.2 Å². The Bertz CT molecular complexity index is 934. The number of hydrogen-bond acceptors (Lipinski definition) is 5. The highest BCUT2D eigenvalue weighted by Crippen LogP contribution is 2.29. The number of hydrogen-bond donors (Lipinski definition) is 1. The van der Waals surface area contributed by atoms with E-state index >= 15 is 0 Å². The van der Waals surface area contributed by atoms with Gasteiger partial charge < -0.3 is 24.3 Å². The van der Waals surface area contributed by atoms with Gasteiger partial charge in [0, 0.05) is 19.6 Å². The number of aromatic nitrogens is 2. The second-order valence-electron chi connectivity index (χ2n) is 7.10. The smallest absolute Gasteiger partial charge is 0.204 e. The largest absolute Gasteiger partial charge is 0.490 e. The van der Waals surface area contributed by atoms with E-state index in [9.17, 15) is 0 Å². The number of imidazole rings is 1. The van der Waals surface area contributed by atoms with Crippen molar-refractivity contribution in [3.05, 3.63) is 48.0 Å². The maximum Gasteiger partial charge on any atom is 0.204 e. The SMILES string of the molecule is CCOc1ccc(CNc2nc3ccccc3n2CCN(CC)CC)cc1OCC. The number of nitrogens with one attached hydrogen (secondary N) is 1. The molecule has 1 N–H and O–H groups in total. The molecule has 3 aromatic rings. The van der Waals surface area contributed by atoms with Crippen LogP contribution in [-0.2, 0) is 13.1 Å². The molecule has 0 atom stereocenters. The Balaban J connectivity index is 1.80. The van der Waals surface area contributed by atoms with Gasteiger partial charge in [0.25, 0.3) is 0 Å². The summed E-state index contributed by atoms with van der Waals surface area (Å²) in [5.41, 5.74) is 3.30. The lowest BCUT2D eigenvalue weighted by Gasteiger charge is -2.19. The lowest BCUT2D eigenvalue weighted by atomic mass is 10.2. The summed E-state index contributed by atoms with van der Waals surface area (Å²) in [6.45, 7) is 14.3. The molecule has 0 amide bonds. The van der Waals surface area contributed by atoms with Gasteiger partial charge in [0.15, 0.2) is 11.5 Å². The van der Waals surface area contributed by atoms with Crippen molar-refractivity contribution < 1.29 is 9.47 Å². The first-order valence-corrected chi connectivity index (χ1v) is 11.0. The third kappa shape index (κ3) is 5.25. The van der Waals surface area contributed by atoms with E-state index in [1.54, 1.807) is 0 Å². The fraction of sp³-hybridized carbons (Fsp3) is 0.458. The molecular formula is C24H34N4O2. The molecule has 0 saturated heterocycles. The van der Waals surface area contributed by atoms with Gasteiger partial charge in [0.05, 0.1) is 24.2 Å². The molecule has 0 aliphatic rings. The van der Waals surface area contributed by atoms with E-state index in [2.05, 4.69) is 52.9 Å². The molecule has 162 valence electrons. The van der Waals surface area contributed by atoms with E-state index in [1.807, 2.05) is 32.0 Å². The zero-order valence-electron chi connectivity index (χ0n) is 18.6. The highest BCUT2D eigenvalue weighted by atomic mass is 16.5. The molecule has 6 nitrogen and oxygen atoms in total. The lowest BCUT2D eigenvalue weighted by Crippen LogP contribution is -2.27. The summed E-state index contributed by atoms with van der Waals surface area (Å²) in [7, 11) is 0. The molecule has 1 heterocycles. The van der Waals surface area contributed by atoms with Crippen LogP contribution in [0.5, 0.6) is 11.5 Å². The molecule has 0 aliphatic carbocycles. The van der Waals surface area contributed by atoms with Gasteiger partial charge in [-0.1, -0.05) is 32.0 Å². The van der Waals surface area contributed by atoms with Crippen molar-refractivity contribution in [1.82, 2.24) is 14.5 Å². The Kier molecular flexibility index (Phi) is 7.97. The van der Waals surface area contributed by atoms with Crippen molar-refractivity contribution in [2.45, 2.75) is 40.8 Å². The first-order chi connectivity index (χ1) is 14.7. The zero-order chi connectivity index (χ0) is 21.3. The summed E-state index contributed by atoms with van der Waals surface area (Å²) in [5, 5.41) is 3.54. The standard InChI is InChI=1S/C24H34N4O2/c1-5-27(6-2)15-16-28-21-12-10-9-11-20(21)26-24(28)25-18-19-13-14-22(29-7-3)23(17-19)30-8-4/h9-14,17H,5-8,15-16,18H2,1-4H3,(H,25,26). The number of ether oxygens (including phenoxy) is 2. The third-order valence-electron chi connectivity index (χ3n) is 5.25. The molecule has 0 fully saturated rings. The van der Waals surface area contributed by atoms with Gasteiger partial charge in [-0.15, -0.1) is 0 Å². The number of para-hydroxylation sites is 2. The maximum atomic E-state index is 5.76. The Morgan fingerprint density at radius 1 is 0.933 bits per heavy atom. The van der Waals surface area contributed by atoms with Crippen molar-refractivity contribution in [3.8, 4) is 11.5 Å². The van der Waals surface area contributed by atoms with Crippen LogP contribution in [0.25, 0.3) is 11.0 Å². The Morgan fingerprint density at radius 3 is 2.40 bits per heavy atom. The van der Waals surface area contributed by atoms with Crippen molar-refractivity contribution in [2.75, 3.05) is 38.2 Å². The Labute approximate surface area is 179 Å². The van der Waals surface area contributed by atoms with Gasteiger partial charge in [-0.3, -0.25) is 0 Å². The van der Waals surface area contributed by atoms with Crippen LogP contribution in [0, 0.1) is 0 Å². The number of rotatable bonds is 12. The van der Waals surface area contributed by atoms with E-state index in [-0.39, 0.29) is 0 Å². The van der Waals surface area contributed by atoms with Crippen LogP contribution in [0.4, 0.5) is 5.95 Å². The minimum Gasteiger partial charge on any atom is -0.490 e. The van der Waals surface area contributed by atoms with E-state index in [4.69, 9.17) is 14.5 Å². The highest BCUT2D eigenvalue weighted by molar-refractivity contribution is 5.78. The minimum absolute atomic E-state index is 0.609. The number of nitrogens with zero attached hydrogens (tertiary/aromatic N) is 3. The Hall–Kier alpha value is -2.73. The average Bonchev–Trinajstić information content (AvgIpc) is 3.12. The molecule has 0 spiro atoms. The zero-order valence-corrected chi connectivity index (χ0v) is 18.6. The average molecular weight is 411 g/mol. The van der Waals surface area contributed by atoms with Crippen LogP contribution < -0.4 is 14.8 Å². The molecule has 30 heavy (non-hydrogen) atoms. The van der Waals surface area contributed by atoms with Crippen LogP contribution in [0.15, 0.2) is 42.5 Å². The fourth-order valence-electron chi connectivity index (χ4n) is 3.60. The highest BCUT2D eigenvalue weighted by Gasteiger charge is 2.12. The first-order valence-electron chi connectivity index (χ1n) is 11.0. The molecule has 0 saturated carbocycles. The normalized spacial score (nSPS) is 11.2. The topological polar surface area (TPSA) is 51.5 Å². The summed E-state index contributed by atoms with van der Waals surface area (Å²) in [4.78, 5) is 7.27. The van der Waals surface area contributed by atoms with Crippen molar-refractivity contribution in [3.63, 3.8) is 0 Å². The molecule has 3 rings (SSSR count). The molecule has 0 radical (unpaired) electrons. The summed E-state index contributed by atoms with van der Waals surface area (Å²) in [6, 6.07) is 14.4. The Morgan fingerprint density at radius 2 is 1.67 bits per heavy atom. The van der Waals surface area contributed by atoms with E-state index in [0.29, 0.717) is 19.8 Å². The molecular weight excluding hydrogens is 376 g/mol. The van der Waals surface area contributed by atoms with Crippen LogP contribution in [0.1, 0.15) is 33.3 Å². The fourth-order valence-corrected chi connectivity index (χ4v) is 3.60. The van der Waals surface area contributed by atoms with Crippen molar-refractivity contribution >= 4 is 17.0 Å². The minimum atomic E-state index is 0.609. The molecule has 0 bridgehead atoms. The summed E-state index contributed by atoms with van der Waals surface area (Å²) < 4.78 is 13.7. The number of anilines is 1. The first kappa shape index (κ1) is 22.0. The number of benzene rings is 2. The van der Waals surface area contributed by atoms with Crippen molar-refractivity contribution in [2.24, 2.45) is 0 Å². The quantitative estimate of drug-likeness (QED) is 0.465. The van der Waals surface area contributed by atoms with Gasteiger partial charge in [0.1, 0.15) is 0 Å². The predicted octanol–water partition coefficient (Wildman–Crippen LogP) is 4.79. The van der Waals surface area contributed by atoms with E-state index < -0.39 is 0 Å². The molecule has 0 aliphatic heterocycles. The maximum absolute atomic E-state index is 5.76. The summed E-state index contributed by atoms with van der Waals surface area (Å²) in [5.74, 6) is 2.47. The molecule has 1 aromatic heterocycles. The monoisotopic (exact) mass is 410 g/mol. The van der Waals surface area contributed by atoms with Crippen LogP contribution >= 0.6 is 0 Å².